The molecule has 2 heterocycles. The van der Waals surface area contributed by atoms with Gasteiger partial charge in [-0.25, -0.2) is 4.98 Å². The van der Waals surface area contributed by atoms with Crippen molar-refractivity contribution in [3.8, 4) is 5.88 Å². The molecule has 26 heavy (non-hydrogen) atoms. The van der Waals surface area contributed by atoms with Gasteiger partial charge in [0.2, 0.25) is 17.7 Å². The monoisotopic (exact) mass is 360 g/mol. The van der Waals surface area contributed by atoms with Crippen LogP contribution < -0.4 is 15.0 Å². The number of ether oxygens (including phenoxy) is 1. The van der Waals surface area contributed by atoms with E-state index in [2.05, 4.69) is 27.1 Å². The van der Waals surface area contributed by atoms with Crippen LogP contribution in [0.15, 0.2) is 6.07 Å². The highest BCUT2D eigenvalue weighted by Gasteiger charge is 2.28. The fourth-order valence-electron chi connectivity index (χ4n) is 3.95. The maximum atomic E-state index is 12.6. The van der Waals surface area contributed by atoms with Gasteiger partial charge >= 0.3 is 0 Å². The van der Waals surface area contributed by atoms with E-state index in [1.54, 1.807) is 0 Å². The van der Waals surface area contributed by atoms with Gasteiger partial charge in [0.25, 0.3) is 0 Å². The molecule has 0 spiro atoms. The number of aromatic nitrogens is 2. The number of hydrogen-bond acceptors (Lipinski definition) is 5. The summed E-state index contributed by atoms with van der Waals surface area (Å²) in [5.41, 5.74) is 0.907. The molecule has 0 unspecified atom stereocenters. The zero-order valence-electron chi connectivity index (χ0n) is 16.3. The lowest BCUT2D eigenvalue weighted by atomic mass is 9.86. The molecule has 1 aliphatic heterocycles. The quantitative estimate of drug-likeness (QED) is 0.874. The molecule has 2 aliphatic rings. The molecule has 3 rings (SSSR count). The highest BCUT2D eigenvalue weighted by molar-refractivity contribution is 5.79. The van der Waals surface area contributed by atoms with Crippen LogP contribution in [0, 0.1) is 18.8 Å². The van der Waals surface area contributed by atoms with Crippen LogP contribution in [-0.2, 0) is 4.79 Å². The van der Waals surface area contributed by atoms with Gasteiger partial charge in [0.1, 0.15) is 0 Å². The third kappa shape index (κ3) is 4.86. The zero-order chi connectivity index (χ0) is 18.5. The Morgan fingerprint density at radius 3 is 2.54 bits per heavy atom. The average Bonchev–Trinajstić information content (AvgIpc) is 2.63. The molecular formula is C20H32N4O2. The molecule has 1 aliphatic carbocycles. The number of rotatable bonds is 5. The molecule has 1 aromatic heterocycles. The zero-order valence-corrected chi connectivity index (χ0v) is 16.3. The molecule has 1 saturated carbocycles. The number of nitrogens with zero attached hydrogens (tertiary/aromatic N) is 3. The number of piperidine rings is 1. The standard InChI is InChI=1S/C20H32N4O2/c1-4-26-18-13-15(3)21-20(23-18)24-11-9-16(10-12-24)19(25)22-17-7-5-14(2)6-8-17/h13-14,16-17H,4-12H2,1-3H3,(H,22,25). The van der Waals surface area contributed by atoms with Crippen LogP contribution in [0.3, 0.4) is 0 Å². The van der Waals surface area contributed by atoms with Gasteiger partial charge in [0.15, 0.2) is 0 Å². The van der Waals surface area contributed by atoms with Crippen molar-refractivity contribution < 1.29 is 9.53 Å². The van der Waals surface area contributed by atoms with E-state index in [1.807, 2.05) is 19.9 Å². The highest BCUT2D eigenvalue weighted by atomic mass is 16.5. The lowest BCUT2D eigenvalue weighted by Gasteiger charge is -2.33. The number of hydrogen-bond donors (Lipinski definition) is 1. The molecule has 1 amide bonds. The van der Waals surface area contributed by atoms with Gasteiger partial charge in [-0.05, 0) is 58.3 Å². The molecule has 6 nitrogen and oxygen atoms in total. The third-order valence-corrected chi connectivity index (χ3v) is 5.62. The summed E-state index contributed by atoms with van der Waals surface area (Å²) in [7, 11) is 0. The van der Waals surface area contributed by atoms with Crippen molar-refractivity contribution in [2.45, 2.75) is 65.3 Å². The first-order chi connectivity index (χ1) is 12.5. The van der Waals surface area contributed by atoms with Crippen LogP contribution in [0.2, 0.25) is 0 Å². The largest absolute Gasteiger partial charge is 0.478 e. The van der Waals surface area contributed by atoms with Crippen molar-refractivity contribution in [3.63, 3.8) is 0 Å². The maximum absolute atomic E-state index is 12.6. The minimum atomic E-state index is 0.113. The Kier molecular flexibility index (Phi) is 6.33. The lowest BCUT2D eigenvalue weighted by molar-refractivity contribution is -0.126. The van der Waals surface area contributed by atoms with Crippen LogP contribution in [0.25, 0.3) is 0 Å². The maximum Gasteiger partial charge on any atom is 0.228 e. The molecule has 1 N–H and O–H groups in total. The van der Waals surface area contributed by atoms with Crippen molar-refractivity contribution in [1.29, 1.82) is 0 Å². The summed E-state index contributed by atoms with van der Waals surface area (Å²) in [5, 5.41) is 3.29. The Hall–Kier alpha value is -1.85. The van der Waals surface area contributed by atoms with Crippen LogP contribution in [0.5, 0.6) is 5.88 Å². The normalized spacial score (nSPS) is 24.3. The Bertz CT molecular complexity index is 606. The molecule has 6 heteroatoms. The summed E-state index contributed by atoms with van der Waals surface area (Å²) in [6.07, 6.45) is 6.44. The first-order valence-corrected chi connectivity index (χ1v) is 10.1. The van der Waals surface area contributed by atoms with E-state index in [0.717, 1.165) is 50.4 Å². The van der Waals surface area contributed by atoms with Crippen molar-refractivity contribution in [3.05, 3.63) is 11.8 Å². The molecule has 1 aromatic rings. The number of aryl methyl sites for hydroxylation is 1. The molecule has 0 aromatic carbocycles. The fourth-order valence-corrected chi connectivity index (χ4v) is 3.95. The summed E-state index contributed by atoms with van der Waals surface area (Å²) in [4.78, 5) is 23.8. The van der Waals surface area contributed by atoms with Crippen molar-refractivity contribution in [1.82, 2.24) is 15.3 Å². The number of anilines is 1. The summed E-state index contributed by atoms with van der Waals surface area (Å²) < 4.78 is 5.53. The molecule has 0 radical (unpaired) electrons. The van der Waals surface area contributed by atoms with Crippen LogP contribution >= 0.6 is 0 Å². The average molecular weight is 361 g/mol. The van der Waals surface area contributed by atoms with Gasteiger partial charge in [0, 0.05) is 36.8 Å². The fraction of sp³-hybridized carbons (Fsp3) is 0.750. The Morgan fingerprint density at radius 2 is 1.88 bits per heavy atom. The predicted molar refractivity (Wildman–Crippen MR) is 102 cm³/mol. The summed E-state index contributed by atoms with van der Waals surface area (Å²) in [5.74, 6) is 2.50. The van der Waals surface area contributed by atoms with Crippen LogP contribution in [-0.4, -0.2) is 41.6 Å². The molecule has 2 fully saturated rings. The van der Waals surface area contributed by atoms with E-state index in [0.29, 0.717) is 24.5 Å². The van der Waals surface area contributed by atoms with Gasteiger partial charge in [-0.3, -0.25) is 4.79 Å². The Balaban J connectivity index is 1.51. The van der Waals surface area contributed by atoms with E-state index in [4.69, 9.17) is 4.74 Å². The third-order valence-electron chi connectivity index (χ3n) is 5.62. The van der Waals surface area contributed by atoms with E-state index in [1.165, 1.54) is 12.8 Å². The second-order valence-electron chi connectivity index (χ2n) is 7.81. The lowest BCUT2D eigenvalue weighted by Crippen LogP contribution is -2.45. The topological polar surface area (TPSA) is 67.3 Å². The van der Waals surface area contributed by atoms with Gasteiger partial charge in [-0.1, -0.05) is 6.92 Å². The summed E-state index contributed by atoms with van der Waals surface area (Å²) in [6.45, 7) is 8.44. The Labute approximate surface area is 156 Å². The van der Waals surface area contributed by atoms with E-state index in [-0.39, 0.29) is 11.8 Å². The van der Waals surface area contributed by atoms with Crippen molar-refractivity contribution in [2.24, 2.45) is 11.8 Å². The predicted octanol–water partition coefficient (Wildman–Crippen LogP) is 3.10. The van der Waals surface area contributed by atoms with E-state index in [9.17, 15) is 4.79 Å². The second kappa shape index (κ2) is 8.69. The molecule has 1 saturated heterocycles. The van der Waals surface area contributed by atoms with Crippen molar-refractivity contribution in [2.75, 3.05) is 24.6 Å². The first-order valence-electron chi connectivity index (χ1n) is 10.1. The van der Waals surface area contributed by atoms with Gasteiger partial charge < -0.3 is 15.0 Å². The number of carbonyl (C=O) groups is 1. The van der Waals surface area contributed by atoms with Crippen LogP contribution in [0.4, 0.5) is 5.95 Å². The molecule has 0 bridgehead atoms. The Morgan fingerprint density at radius 1 is 1.19 bits per heavy atom. The highest BCUT2D eigenvalue weighted by Crippen LogP contribution is 2.26. The van der Waals surface area contributed by atoms with E-state index < -0.39 is 0 Å². The number of carbonyl (C=O) groups excluding carboxylic acids is 1. The smallest absolute Gasteiger partial charge is 0.228 e. The number of nitrogens with one attached hydrogen (secondary N) is 1. The van der Waals surface area contributed by atoms with Gasteiger partial charge in [0.05, 0.1) is 6.61 Å². The molecule has 0 atom stereocenters. The summed E-state index contributed by atoms with van der Waals surface area (Å²) in [6, 6.07) is 2.24. The molecule has 144 valence electrons. The van der Waals surface area contributed by atoms with Gasteiger partial charge in [-0.15, -0.1) is 0 Å². The summed E-state index contributed by atoms with van der Waals surface area (Å²) >= 11 is 0. The van der Waals surface area contributed by atoms with Crippen LogP contribution in [0.1, 0.15) is 58.1 Å². The minimum absolute atomic E-state index is 0.113. The van der Waals surface area contributed by atoms with E-state index >= 15 is 0 Å². The SMILES string of the molecule is CCOc1cc(C)nc(N2CCC(C(=O)NC3CCC(C)CC3)CC2)n1. The van der Waals surface area contributed by atoms with Gasteiger partial charge in [-0.2, -0.15) is 4.98 Å². The number of amides is 1. The first kappa shape index (κ1) is 18.9. The molecular weight excluding hydrogens is 328 g/mol. The minimum Gasteiger partial charge on any atom is -0.478 e. The van der Waals surface area contributed by atoms with Crippen molar-refractivity contribution >= 4 is 11.9 Å². The second-order valence-corrected chi connectivity index (χ2v) is 7.81.